The predicted molar refractivity (Wildman–Crippen MR) is 80.7 cm³/mol. The number of carbonyl (C=O) groups is 2. The third-order valence-corrected chi connectivity index (χ3v) is 3.73. The minimum atomic E-state index is -0.341. The summed E-state index contributed by atoms with van der Waals surface area (Å²) in [5.41, 5.74) is 0.781. The highest BCUT2D eigenvalue weighted by atomic mass is 16.3. The number of aliphatic hydroxyl groups excluding tert-OH is 1. The van der Waals surface area contributed by atoms with Gasteiger partial charge in [0, 0.05) is 11.1 Å². The first-order valence-electron chi connectivity index (χ1n) is 7.83. The van der Waals surface area contributed by atoms with Gasteiger partial charge in [-0.2, -0.15) is 0 Å². The molecule has 1 aliphatic carbocycles. The smallest absolute Gasteiger partial charge is 0.223 e. The Bertz CT molecular complexity index is 416. The van der Waals surface area contributed by atoms with E-state index in [-0.39, 0.29) is 17.3 Å². The summed E-state index contributed by atoms with van der Waals surface area (Å²) in [6.07, 6.45) is 9.65. The molecule has 0 unspecified atom stereocenters. The van der Waals surface area contributed by atoms with Crippen molar-refractivity contribution < 1.29 is 14.7 Å². The van der Waals surface area contributed by atoms with Gasteiger partial charge >= 0.3 is 0 Å². The maximum absolute atomic E-state index is 12.0. The minimum Gasteiger partial charge on any atom is -0.504 e. The highest BCUT2D eigenvalue weighted by molar-refractivity contribution is 6.21. The topological polar surface area (TPSA) is 54.4 Å². The Hall–Kier alpha value is -1.38. The summed E-state index contributed by atoms with van der Waals surface area (Å²) in [5.74, 6) is -0.822. The van der Waals surface area contributed by atoms with Crippen LogP contribution in [-0.2, 0) is 9.59 Å². The molecule has 1 aliphatic rings. The molecular weight excluding hydrogens is 252 g/mol. The molecular formula is C17H26O3. The molecule has 0 spiro atoms. The van der Waals surface area contributed by atoms with Crippen LogP contribution < -0.4 is 0 Å². The van der Waals surface area contributed by atoms with Crippen molar-refractivity contribution in [3.8, 4) is 0 Å². The SMILES string of the molecule is CCCCCCC1=C(O)C(=O)C(CCCCC)=CC1=O. The zero-order chi connectivity index (χ0) is 15.0. The molecule has 0 heterocycles. The first-order chi connectivity index (χ1) is 9.61. The van der Waals surface area contributed by atoms with Gasteiger partial charge in [-0.05, 0) is 31.8 Å². The standard InChI is InChI=1S/C17H26O3/c1-3-5-7-9-11-14-15(18)12-13(10-8-6-4-2)16(19)17(14)20/h12,20H,3-11H2,1-2H3. The first kappa shape index (κ1) is 16.7. The Morgan fingerprint density at radius 1 is 0.900 bits per heavy atom. The summed E-state index contributed by atoms with van der Waals surface area (Å²) in [6, 6.07) is 0. The van der Waals surface area contributed by atoms with E-state index in [4.69, 9.17) is 0 Å². The number of allylic oxidation sites excluding steroid dienone is 3. The Labute approximate surface area is 121 Å². The average molecular weight is 278 g/mol. The fraction of sp³-hybridized carbons (Fsp3) is 0.647. The van der Waals surface area contributed by atoms with Gasteiger partial charge in [0.05, 0.1) is 0 Å². The Kier molecular flexibility index (Phi) is 7.27. The van der Waals surface area contributed by atoms with E-state index in [0.29, 0.717) is 24.0 Å². The van der Waals surface area contributed by atoms with Crippen LogP contribution in [0.5, 0.6) is 0 Å². The molecule has 1 rings (SSSR count). The average Bonchev–Trinajstić information content (AvgIpc) is 2.43. The van der Waals surface area contributed by atoms with Gasteiger partial charge in [0.1, 0.15) is 0 Å². The van der Waals surface area contributed by atoms with Crippen LogP contribution in [0.3, 0.4) is 0 Å². The molecule has 0 saturated carbocycles. The summed E-state index contributed by atoms with van der Waals surface area (Å²) in [5, 5.41) is 9.96. The number of Topliss-reactive ketones (excluding diaryl/α,β-unsaturated/α-hetero) is 1. The van der Waals surface area contributed by atoms with Crippen LogP contribution in [0, 0.1) is 0 Å². The Balaban J connectivity index is 2.61. The lowest BCUT2D eigenvalue weighted by atomic mass is 9.89. The normalized spacial score (nSPS) is 15.8. The second-order valence-electron chi connectivity index (χ2n) is 5.46. The Morgan fingerprint density at radius 2 is 1.50 bits per heavy atom. The van der Waals surface area contributed by atoms with Crippen LogP contribution in [0.15, 0.2) is 23.0 Å². The third-order valence-electron chi connectivity index (χ3n) is 3.73. The van der Waals surface area contributed by atoms with Gasteiger partial charge in [-0.1, -0.05) is 46.0 Å². The molecule has 0 fully saturated rings. The van der Waals surface area contributed by atoms with Gasteiger partial charge in [0.15, 0.2) is 11.5 Å². The maximum Gasteiger partial charge on any atom is 0.223 e. The second-order valence-corrected chi connectivity index (χ2v) is 5.46. The molecule has 0 atom stereocenters. The molecule has 3 heteroatoms. The number of carbonyl (C=O) groups excluding carboxylic acids is 2. The van der Waals surface area contributed by atoms with Crippen molar-refractivity contribution in [1.29, 1.82) is 0 Å². The fourth-order valence-corrected chi connectivity index (χ4v) is 2.44. The van der Waals surface area contributed by atoms with Crippen molar-refractivity contribution in [2.45, 2.75) is 71.6 Å². The number of ketones is 2. The van der Waals surface area contributed by atoms with Crippen molar-refractivity contribution in [2.75, 3.05) is 0 Å². The number of unbranched alkanes of at least 4 members (excludes halogenated alkanes) is 5. The van der Waals surface area contributed by atoms with Gasteiger partial charge in [-0.25, -0.2) is 0 Å². The van der Waals surface area contributed by atoms with Crippen molar-refractivity contribution in [3.05, 3.63) is 23.0 Å². The first-order valence-corrected chi connectivity index (χ1v) is 7.83. The summed E-state index contributed by atoms with van der Waals surface area (Å²) in [6.45, 7) is 4.21. The fourth-order valence-electron chi connectivity index (χ4n) is 2.44. The summed E-state index contributed by atoms with van der Waals surface area (Å²) >= 11 is 0. The molecule has 0 radical (unpaired) electrons. The largest absolute Gasteiger partial charge is 0.504 e. The summed E-state index contributed by atoms with van der Waals surface area (Å²) in [4.78, 5) is 24.0. The van der Waals surface area contributed by atoms with Crippen LogP contribution in [0.4, 0.5) is 0 Å². The van der Waals surface area contributed by atoms with Crippen LogP contribution in [0.25, 0.3) is 0 Å². The van der Waals surface area contributed by atoms with Crippen LogP contribution in [0.2, 0.25) is 0 Å². The van der Waals surface area contributed by atoms with Crippen LogP contribution in [-0.4, -0.2) is 16.7 Å². The summed E-state index contributed by atoms with van der Waals surface area (Å²) in [7, 11) is 0. The minimum absolute atomic E-state index is 0.176. The molecule has 0 amide bonds. The molecule has 1 N–H and O–H groups in total. The van der Waals surface area contributed by atoms with E-state index in [1.807, 2.05) is 0 Å². The molecule has 0 aliphatic heterocycles. The highest BCUT2D eigenvalue weighted by Gasteiger charge is 2.27. The van der Waals surface area contributed by atoms with E-state index in [1.54, 1.807) is 0 Å². The lowest BCUT2D eigenvalue weighted by molar-refractivity contribution is -0.118. The van der Waals surface area contributed by atoms with Gasteiger partial charge < -0.3 is 5.11 Å². The highest BCUT2D eigenvalue weighted by Crippen LogP contribution is 2.25. The lowest BCUT2D eigenvalue weighted by Gasteiger charge is -2.15. The van der Waals surface area contributed by atoms with Gasteiger partial charge in [-0.15, -0.1) is 0 Å². The molecule has 0 saturated heterocycles. The van der Waals surface area contributed by atoms with Crippen LogP contribution in [0.1, 0.15) is 71.6 Å². The van der Waals surface area contributed by atoms with Crippen molar-refractivity contribution in [2.24, 2.45) is 0 Å². The van der Waals surface area contributed by atoms with Crippen molar-refractivity contribution >= 4 is 11.6 Å². The van der Waals surface area contributed by atoms with E-state index in [0.717, 1.165) is 44.9 Å². The zero-order valence-electron chi connectivity index (χ0n) is 12.7. The molecule has 0 bridgehead atoms. The lowest BCUT2D eigenvalue weighted by Crippen LogP contribution is -2.19. The van der Waals surface area contributed by atoms with Crippen LogP contribution >= 0.6 is 0 Å². The molecule has 0 aromatic carbocycles. The van der Waals surface area contributed by atoms with Crippen molar-refractivity contribution in [3.63, 3.8) is 0 Å². The number of rotatable bonds is 9. The second kappa shape index (κ2) is 8.72. The van der Waals surface area contributed by atoms with Crippen molar-refractivity contribution in [1.82, 2.24) is 0 Å². The van der Waals surface area contributed by atoms with E-state index in [1.165, 1.54) is 6.08 Å². The number of aliphatic hydroxyl groups is 1. The monoisotopic (exact) mass is 278 g/mol. The maximum atomic E-state index is 12.0. The predicted octanol–water partition coefficient (Wildman–Crippen LogP) is 4.43. The Morgan fingerprint density at radius 3 is 2.15 bits per heavy atom. The zero-order valence-corrected chi connectivity index (χ0v) is 12.7. The molecule has 112 valence electrons. The third kappa shape index (κ3) is 4.62. The molecule has 20 heavy (non-hydrogen) atoms. The number of hydrogen-bond donors (Lipinski definition) is 1. The van der Waals surface area contributed by atoms with Gasteiger partial charge in [0.25, 0.3) is 0 Å². The summed E-state index contributed by atoms with van der Waals surface area (Å²) < 4.78 is 0. The quantitative estimate of drug-likeness (QED) is 0.501. The van der Waals surface area contributed by atoms with E-state index >= 15 is 0 Å². The van der Waals surface area contributed by atoms with E-state index < -0.39 is 0 Å². The number of hydrogen-bond acceptors (Lipinski definition) is 3. The molecule has 3 nitrogen and oxygen atoms in total. The van der Waals surface area contributed by atoms with E-state index in [9.17, 15) is 14.7 Å². The van der Waals surface area contributed by atoms with Gasteiger partial charge in [-0.3, -0.25) is 9.59 Å². The molecule has 0 aromatic rings. The molecule has 0 aromatic heterocycles. The van der Waals surface area contributed by atoms with Gasteiger partial charge in [0.2, 0.25) is 5.78 Å². The van der Waals surface area contributed by atoms with E-state index in [2.05, 4.69) is 13.8 Å².